The summed E-state index contributed by atoms with van der Waals surface area (Å²) in [5.74, 6) is -1.56. The lowest BCUT2D eigenvalue weighted by Gasteiger charge is -2.39. The van der Waals surface area contributed by atoms with Crippen LogP contribution in [0.4, 0.5) is 0 Å². The van der Waals surface area contributed by atoms with E-state index < -0.39 is 16.2 Å². The molecule has 24 heavy (non-hydrogen) atoms. The first-order chi connectivity index (χ1) is 11.2. The van der Waals surface area contributed by atoms with Crippen molar-refractivity contribution in [3.63, 3.8) is 0 Å². The predicted molar refractivity (Wildman–Crippen MR) is 84.6 cm³/mol. The molecule has 5 N–H and O–H groups in total. The lowest BCUT2D eigenvalue weighted by Crippen LogP contribution is -2.48. The van der Waals surface area contributed by atoms with E-state index in [1.165, 1.54) is 12.3 Å². The number of carboxylic acid groups (broad SMARTS) is 1. The summed E-state index contributed by atoms with van der Waals surface area (Å²) in [7, 11) is -4.18. The molecule has 9 nitrogen and oxygen atoms in total. The first-order valence-corrected chi connectivity index (χ1v) is 9.23. The normalized spacial score (nSPS) is 26.6. The number of rotatable bonds is 4. The first kappa shape index (κ1) is 16.9. The summed E-state index contributed by atoms with van der Waals surface area (Å²) in [6.45, 7) is -0.0418. The number of amides is 1. The monoisotopic (exact) mass is 356 g/mol. The van der Waals surface area contributed by atoms with Gasteiger partial charge in [0.1, 0.15) is 5.69 Å². The minimum atomic E-state index is -4.18. The van der Waals surface area contributed by atoms with Crippen molar-refractivity contribution in [2.24, 2.45) is 10.9 Å². The fourth-order valence-electron chi connectivity index (χ4n) is 4.13. The molecule has 1 aromatic rings. The van der Waals surface area contributed by atoms with Gasteiger partial charge in [0, 0.05) is 18.3 Å². The molecular weight excluding hydrogens is 336 g/mol. The van der Waals surface area contributed by atoms with Crippen LogP contribution < -0.4 is 10.9 Å². The SMILES string of the molecule is NCC(=O)N1C2CCC1CC(c1ccn(S(N)(=O)=O)c1C(=O)O)C2. The van der Waals surface area contributed by atoms with Gasteiger partial charge in [-0.1, -0.05) is 0 Å². The van der Waals surface area contributed by atoms with Crippen LogP contribution in [0.25, 0.3) is 0 Å². The summed E-state index contributed by atoms with van der Waals surface area (Å²) < 4.78 is 23.8. The van der Waals surface area contributed by atoms with E-state index in [9.17, 15) is 23.1 Å². The molecule has 0 spiro atoms. The van der Waals surface area contributed by atoms with E-state index in [0.717, 1.165) is 12.8 Å². The van der Waals surface area contributed by atoms with Gasteiger partial charge in [-0.25, -0.2) is 13.9 Å². The van der Waals surface area contributed by atoms with Crippen LogP contribution in [-0.4, -0.2) is 52.9 Å². The highest BCUT2D eigenvalue weighted by molar-refractivity contribution is 7.87. The molecule has 3 rings (SSSR count). The lowest BCUT2D eigenvalue weighted by molar-refractivity contribution is -0.134. The largest absolute Gasteiger partial charge is 0.477 e. The van der Waals surface area contributed by atoms with E-state index in [0.29, 0.717) is 22.4 Å². The quantitative estimate of drug-likeness (QED) is 0.658. The van der Waals surface area contributed by atoms with Crippen molar-refractivity contribution in [1.29, 1.82) is 0 Å². The van der Waals surface area contributed by atoms with Gasteiger partial charge in [-0.3, -0.25) is 4.79 Å². The number of fused-ring (bicyclic) bond motifs is 2. The molecule has 0 aromatic carbocycles. The van der Waals surface area contributed by atoms with Crippen LogP contribution in [0.15, 0.2) is 12.3 Å². The Kier molecular flexibility index (Phi) is 4.14. The number of hydrogen-bond acceptors (Lipinski definition) is 5. The molecule has 0 aliphatic carbocycles. The summed E-state index contributed by atoms with van der Waals surface area (Å²) in [6, 6.07) is 1.53. The van der Waals surface area contributed by atoms with E-state index >= 15 is 0 Å². The summed E-state index contributed by atoms with van der Waals surface area (Å²) in [5, 5.41) is 14.5. The molecule has 132 valence electrons. The topological polar surface area (TPSA) is 149 Å². The second-order valence-corrected chi connectivity index (χ2v) is 7.75. The highest BCUT2D eigenvalue weighted by Gasteiger charge is 2.44. The molecular formula is C14H20N4O5S. The van der Waals surface area contributed by atoms with Gasteiger partial charge in [0.15, 0.2) is 0 Å². The smallest absolute Gasteiger partial charge is 0.353 e. The molecule has 2 bridgehead atoms. The Balaban J connectivity index is 1.94. The number of piperidine rings is 1. The Morgan fingerprint density at radius 1 is 1.25 bits per heavy atom. The Morgan fingerprint density at radius 3 is 2.29 bits per heavy atom. The zero-order chi connectivity index (χ0) is 17.6. The molecule has 1 amide bonds. The first-order valence-electron chi connectivity index (χ1n) is 7.73. The van der Waals surface area contributed by atoms with Gasteiger partial charge in [-0.05, 0) is 43.2 Å². The summed E-state index contributed by atoms with van der Waals surface area (Å²) in [5.41, 5.74) is 5.60. The van der Waals surface area contributed by atoms with Crippen molar-refractivity contribution >= 4 is 22.1 Å². The van der Waals surface area contributed by atoms with Gasteiger partial charge in [-0.2, -0.15) is 8.42 Å². The van der Waals surface area contributed by atoms with Crippen molar-refractivity contribution in [2.45, 2.75) is 43.7 Å². The number of carbonyl (C=O) groups excluding carboxylic acids is 1. The zero-order valence-corrected chi connectivity index (χ0v) is 13.8. The Labute approximate surface area is 139 Å². The van der Waals surface area contributed by atoms with Gasteiger partial charge in [0.05, 0.1) is 6.54 Å². The maximum Gasteiger partial charge on any atom is 0.353 e. The third-order valence-corrected chi connectivity index (χ3v) is 5.85. The van der Waals surface area contributed by atoms with Crippen molar-refractivity contribution in [3.8, 4) is 0 Å². The number of carbonyl (C=O) groups is 2. The van der Waals surface area contributed by atoms with Gasteiger partial charge < -0.3 is 15.7 Å². The average Bonchev–Trinajstić information content (AvgIpc) is 3.06. The molecule has 10 heteroatoms. The lowest BCUT2D eigenvalue weighted by atomic mass is 9.85. The number of carboxylic acids is 1. The summed E-state index contributed by atoms with van der Waals surface area (Å²) in [4.78, 5) is 25.4. The second kappa shape index (κ2) is 5.87. The molecule has 2 saturated heterocycles. The molecule has 2 aliphatic heterocycles. The molecule has 0 radical (unpaired) electrons. The number of aromatic carboxylic acids is 1. The van der Waals surface area contributed by atoms with E-state index in [1.54, 1.807) is 0 Å². The van der Waals surface area contributed by atoms with E-state index in [1.807, 2.05) is 4.90 Å². The molecule has 2 aliphatic rings. The van der Waals surface area contributed by atoms with Crippen LogP contribution in [0.5, 0.6) is 0 Å². The molecule has 2 unspecified atom stereocenters. The number of nitrogens with two attached hydrogens (primary N) is 2. The fraction of sp³-hybridized carbons (Fsp3) is 0.571. The van der Waals surface area contributed by atoms with Crippen LogP contribution >= 0.6 is 0 Å². The van der Waals surface area contributed by atoms with Crippen molar-refractivity contribution in [2.75, 3.05) is 6.54 Å². The second-order valence-electron chi connectivity index (χ2n) is 6.32. The highest BCUT2D eigenvalue weighted by Crippen LogP contribution is 2.44. The Hall–Kier alpha value is -1.91. The van der Waals surface area contributed by atoms with E-state index in [-0.39, 0.29) is 36.1 Å². The standard InChI is InChI=1S/C14H20N4O5S/c15-7-12(19)18-9-1-2-10(18)6-8(5-9)11-3-4-17(24(16,22)23)13(11)14(20)21/h3-4,8-10H,1-2,5-7,15H2,(H,20,21)(H2,16,22,23). The number of nitrogens with zero attached hydrogens (tertiary/aromatic N) is 2. The minimum Gasteiger partial charge on any atom is -0.477 e. The van der Waals surface area contributed by atoms with Crippen LogP contribution in [-0.2, 0) is 15.0 Å². The van der Waals surface area contributed by atoms with Crippen molar-refractivity contribution < 1.29 is 23.1 Å². The minimum absolute atomic E-state index is 0.0179. The fourth-order valence-corrected chi connectivity index (χ4v) is 4.80. The Morgan fingerprint density at radius 2 is 1.83 bits per heavy atom. The molecule has 2 fully saturated rings. The van der Waals surface area contributed by atoms with Crippen LogP contribution in [0, 0.1) is 0 Å². The molecule has 1 aromatic heterocycles. The number of aromatic nitrogens is 1. The number of hydrogen-bond donors (Lipinski definition) is 3. The molecule has 3 heterocycles. The van der Waals surface area contributed by atoms with Gasteiger partial charge in [0.2, 0.25) is 5.91 Å². The third kappa shape index (κ3) is 2.70. The summed E-state index contributed by atoms with van der Waals surface area (Å²) in [6.07, 6.45) is 4.07. The average molecular weight is 356 g/mol. The Bertz CT molecular complexity index is 773. The molecule has 2 atom stereocenters. The van der Waals surface area contributed by atoms with Gasteiger partial charge in [0.25, 0.3) is 0 Å². The third-order valence-electron chi connectivity index (χ3n) is 5.00. The maximum absolute atomic E-state index is 12.0. The zero-order valence-electron chi connectivity index (χ0n) is 13.0. The maximum atomic E-state index is 12.0. The van der Waals surface area contributed by atoms with Gasteiger partial charge >= 0.3 is 16.2 Å². The van der Waals surface area contributed by atoms with E-state index in [2.05, 4.69) is 0 Å². The highest BCUT2D eigenvalue weighted by atomic mass is 32.2. The van der Waals surface area contributed by atoms with E-state index in [4.69, 9.17) is 10.9 Å². The predicted octanol–water partition coefficient (Wildman–Crippen LogP) is -0.566. The summed E-state index contributed by atoms with van der Waals surface area (Å²) >= 11 is 0. The van der Waals surface area contributed by atoms with Crippen LogP contribution in [0.2, 0.25) is 0 Å². The van der Waals surface area contributed by atoms with Crippen LogP contribution in [0.1, 0.15) is 47.7 Å². The molecule has 0 saturated carbocycles. The van der Waals surface area contributed by atoms with Crippen molar-refractivity contribution in [3.05, 3.63) is 23.5 Å². The van der Waals surface area contributed by atoms with Gasteiger partial charge in [-0.15, -0.1) is 0 Å². The van der Waals surface area contributed by atoms with Crippen LogP contribution in [0.3, 0.4) is 0 Å². The van der Waals surface area contributed by atoms with Crippen molar-refractivity contribution in [1.82, 2.24) is 8.87 Å².